The molecular weight excluding hydrogens is 312 g/mol. The maximum atomic E-state index is 10.5. The van der Waals surface area contributed by atoms with Gasteiger partial charge in [-0.1, -0.05) is 30.3 Å². The first-order valence-electron chi connectivity index (χ1n) is 7.77. The number of likely N-dealkylation sites (tertiary alicyclic amines) is 1. The Morgan fingerprint density at radius 2 is 1.83 bits per heavy atom. The Balaban J connectivity index is 1.85. The van der Waals surface area contributed by atoms with Gasteiger partial charge in [-0.2, -0.15) is 0 Å². The van der Waals surface area contributed by atoms with Crippen LogP contribution in [0, 0.1) is 6.92 Å². The van der Waals surface area contributed by atoms with Crippen molar-refractivity contribution in [2.45, 2.75) is 44.2 Å². The van der Waals surface area contributed by atoms with Crippen molar-refractivity contribution in [3.63, 3.8) is 0 Å². The van der Waals surface area contributed by atoms with Gasteiger partial charge >= 0.3 is 0 Å². The molecule has 124 valence electrons. The maximum Gasteiger partial charge on any atom is 0.0991 e. The third-order valence-electron chi connectivity index (χ3n) is 4.64. The highest BCUT2D eigenvalue weighted by Crippen LogP contribution is 2.31. The summed E-state index contributed by atoms with van der Waals surface area (Å²) in [7, 11) is 0. The quantitative estimate of drug-likeness (QED) is 0.759. The molecule has 4 atom stereocenters. The van der Waals surface area contributed by atoms with Gasteiger partial charge in [-0.25, -0.2) is 4.98 Å². The van der Waals surface area contributed by atoms with E-state index in [1.807, 2.05) is 42.2 Å². The van der Waals surface area contributed by atoms with Gasteiger partial charge in [0.05, 0.1) is 36.1 Å². The molecule has 0 bridgehead atoms. The lowest BCUT2D eigenvalue weighted by Crippen LogP contribution is -2.41. The Labute approximate surface area is 139 Å². The predicted octanol–water partition coefficient (Wildman–Crippen LogP) is 0.961. The average molecular weight is 334 g/mol. The molecule has 3 N–H and O–H groups in total. The van der Waals surface area contributed by atoms with Gasteiger partial charge in [-0.3, -0.25) is 4.90 Å². The Bertz CT molecular complexity index is 634. The molecule has 0 unspecified atom stereocenters. The van der Waals surface area contributed by atoms with Crippen molar-refractivity contribution < 1.29 is 15.3 Å². The molecule has 2 heterocycles. The minimum absolute atomic E-state index is 0.179. The lowest BCUT2D eigenvalue weighted by atomic mass is 10.0. The highest BCUT2D eigenvalue weighted by atomic mass is 32.1. The first kappa shape index (κ1) is 16.5. The van der Waals surface area contributed by atoms with Gasteiger partial charge in [-0.15, -0.1) is 11.3 Å². The molecule has 3 rings (SSSR count). The van der Waals surface area contributed by atoms with Gasteiger partial charge in [-0.05, 0) is 18.9 Å². The summed E-state index contributed by atoms with van der Waals surface area (Å²) >= 11 is 1.56. The highest BCUT2D eigenvalue weighted by Gasteiger charge is 2.47. The zero-order valence-electron chi connectivity index (χ0n) is 13.0. The molecular formula is C17H22N2O3S. The van der Waals surface area contributed by atoms with Crippen LogP contribution < -0.4 is 0 Å². The molecule has 1 aromatic carbocycles. The zero-order chi connectivity index (χ0) is 16.4. The van der Waals surface area contributed by atoms with E-state index in [-0.39, 0.29) is 12.6 Å². The molecule has 0 amide bonds. The number of benzene rings is 1. The number of rotatable bonds is 5. The molecule has 23 heavy (non-hydrogen) atoms. The molecule has 1 aromatic heterocycles. The SMILES string of the molecule is Cc1ncsc1CN1[C@H](CO)[C@@H](O)[C@@H](O)[C@@H]1Cc1ccccc1. The smallest absolute Gasteiger partial charge is 0.0991 e. The second-order valence-corrected chi connectivity index (χ2v) is 6.96. The maximum absolute atomic E-state index is 10.5. The van der Waals surface area contributed by atoms with Crippen molar-refractivity contribution >= 4 is 11.3 Å². The van der Waals surface area contributed by atoms with E-state index in [9.17, 15) is 15.3 Å². The number of aliphatic hydroxyl groups excluding tert-OH is 3. The highest BCUT2D eigenvalue weighted by molar-refractivity contribution is 7.09. The van der Waals surface area contributed by atoms with Gasteiger partial charge in [0.1, 0.15) is 0 Å². The van der Waals surface area contributed by atoms with E-state index < -0.39 is 18.2 Å². The van der Waals surface area contributed by atoms with Crippen molar-refractivity contribution in [3.05, 3.63) is 52.0 Å². The van der Waals surface area contributed by atoms with E-state index in [1.165, 1.54) is 0 Å². The average Bonchev–Trinajstić information content (AvgIpc) is 3.06. The fourth-order valence-electron chi connectivity index (χ4n) is 3.28. The second-order valence-electron chi connectivity index (χ2n) is 6.02. The van der Waals surface area contributed by atoms with E-state index in [0.29, 0.717) is 13.0 Å². The van der Waals surface area contributed by atoms with Crippen LogP contribution in [0.1, 0.15) is 16.1 Å². The standard InChI is InChI=1S/C17H22N2O3S/c1-11-15(23-10-18-11)8-19-13(7-12-5-3-2-4-6-12)16(21)17(22)14(19)9-20/h2-6,10,13-14,16-17,20-22H,7-9H2,1H3/t13-,14+,16-,17+/m0/s1. The van der Waals surface area contributed by atoms with Gasteiger partial charge in [0, 0.05) is 17.5 Å². The summed E-state index contributed by atoms with van der Waals surface area (Å²) in [6.45, 7) is 2.35. The third-order valence-corrected chi connectivity index (χ3v) is 5.56. The number of hydrogen-bond donors (Lipinski definition) is 3. The minimum atomic E-state index is -0.943. The number of thiazole rings is 1. The van der Waals surface area contributed by atoms with Crippen LogP contribution in [-0.2, 0) is 13.0 Å². The van der Waals surface area contributed by atoms with Crippen LogP contribution in [0.2, 0.25) is 0 Å². The van der Waals surface area contributed by atoms with Crippen molar-refractivity contribution in [3.8, 4) is 0 Å². The summed E-state index contributed by atoms with van der Waals surface area (Å²) in [4.78, 5) is 7.38. The van der Waals surface area contributed by atoms with Crippen molar-refractivity contribution in [2.24, 2.45) is 0 Å². The molecule has 6 heteroatoms. The molecule has 1 fully saturated rings. The lowest BCUT2D eigenvalue weighted by Gasteiger charge is -2.29. The topological polar surface area (TPSA) is 76.8 Å². The molecule has 0 radical (unpaired) electrons. The van der Waals surface area contributed by atoms with Crippen molar-refractivity contribution in [1.82, 2.24) is 9.88 Å². The van der Waals surface area contributed by atoms with Crippen LogP contribution in [0.4, 0.5) is 0 Å². The third kappa shape index (κ3) is 3.32. The van der Waals surface area contributed by atoms with Gasteiger partial charge in [0.2, 0.25) is 0 Å². The Morgan fingerprint density at radius 3 is 2.43 bits per heavy atom. The van der Waals surface area contributed by atoms with E-state index >= 15 is 0 Å². The summed E-state index contributed by atoms with van der Waals surface area (Å²) in [6.07, 6.45) is -1.18. The van der Waals surface area contributed by atoms with Crippen LogP contribution in [-0.4, -0.2) is 56.1 Å². The molecule has 0 aliphatic carbocycles. The molecule has 5 nitrogen and oxygen atoms in total. The van der Waals surface area contributed by atoms with E-state index in [4.69, 9.17) is 0 Å². The summed E-state index contributed by atoms with van der Waals surface area (Å²) in [5.41, 5.74) is 3.86. The summed E-state index contributed by atoms with van der Waals surface area (Å²) in [5, 5.41) is 30.5. The Morgan fingerprint density at radius 1 is 1.13 bits per heavy atom. The Kier molecular flexibility index (Phi) is 5.08. The van der Waals surface area contributed by atoms with Crippen LogP contribution in [0.25, 0.3) is 0 Å². The number of aryl methyl sites for hydroxylation is 1. The van der Waals surface area contributed by atoms with Crippen molar-refractivity contribution in [1.29, 1.82) is 0 Å². The molecule has 0 spiro atoms. The van der Waals surface area contributed by atoms with E-state index in [1.54, 1.807) is 16.8 Å². The molecule has 1 aliphatic rings. The monoisotopic (exact) mass is 334 g/mol. The fourth-order valence-corrected chi connectivity index (χ4v) is 4.06. The number of aliphatic hydroxyl groups is 3. The zero-order valence-corrected chi connectivity index (χ0v) is 13.9. The number of aromatic nitrogens is 1. The predicted molar refractivity (Wildman–Crippen MR) is 89.2 cm³/mol. The van der Waals surface area contributed by atoms with Crippen molar-refractivity contribution in [2.75, 3.05) is 6.61 Å². The normalized spacial score (nSPS) is 28.3. The van der Waals surface area contributed by atoms with E-state index in [2.05, 4.69) is 4.98 Å². The van der Waals surface area contributed by atoms with Crippen LogP contribution >= 0.6 is 11.3 Å². The molecule has 1 saturated heterocycles. The molecule has 0 saturated carbocycles. The van der Waals surface area contributed by atoms with Gasteiger partial charge < -0.3 is 15.3 Å². The Hall–Kier alpha value is -1.31. The number of nitrogens with zero attached hydrogens (tertiary/aromatic N) is 2. The molecule has 2 aromatic rings. The molecule has 1 aliphatic heterocycles. The van der Waals surface area contributed by atoms with E-state index in [0.717, 1.165) is 16.1 Å². The fraction of sp³-hybridized carbons (Fsp3) is 0.471. The van der Waals surface area contributed by atoms with Crippen LogP contribution in [0.3, 0.4) is 0 Å². The lowest BCUT2D eigenvalue weighted by molar-refractivity contribution is 0.0178. The summed E-state index contributed by atoms with van der Waals surface area (Å²) in [6, 6.07) is 9.23. The summed E-state index contributed by atoms with van der Waals surface area (Å²) in [5.74, 6) is 0. The largest absolute Gasteiger partial charge is 0.395 e. The van der Waals surface area contributed by atoms with Crippen LogP contribution in [0.5, 0.6) is 0 Å². The minimum Gasteiger partial charge on any atom is -0.395 e. The second kappa shape index (κ2) is 7.07. The first-order chi connectivity index (χ1) is 11.1. The van der Waals surface area contributed by atoms with Gasteiger partial charge in [0.25, 0.3) is 0 Å². The summed E-state index contributed by atoms with van der Waals surface area (Å²) < 4.78 is 0. The van der Waals surface area contributed by atoms with Crippen LogP contribution in [0.15, 0.2) is 35.8 Å². The van der Waals surface area contributed by atoms with Gasteiger partial charge in [0.15, 0.2) is 0 Å². The first-order valence-corrected chi connectivity index (χ1v) is 8.65. The number of hydrogen-bond acceptors (Lipinski definition) is 6.